The number of para-hydroxylation sites is 2. The van der Waals surface area contributed by atoms with Crippen molar-refractivity contribution in [3.05, 3.63) is 90.0 Å². The first-order valence-electron chi connectivity index (χ1n) is 8.31. The van der Waals surface area contributed by atoms with Crippen molar-refractivity contribution in [3.63, 3.8) is 0 Å². The minimum Gasteiger partial charge on any atom is -1.00 e. The summed E-state index contributed by atoms with van der Waals surface area (Å²) >= 11 is 0. The van der Waals surface area contributed by atoms with Gasteiger partial charge >= 0.3 is 5.82 Å². The normalized spacial score (nSPS) is 10.4. The average Bonchev–Trinajstić information content (AvgIpc) is 3.08. The first kappa shape index (κ1) is 17.8. The van der Waals surface area contributed by atoms with Crippen molar-refractivity contribution in [1.82, 2.24) is 15.0 Å². The van der Waals surface area contributed by atoms with Crippen molar-refractivity contribution >= 4 is 0 Å². The average molecular weight is 363 g/mol. The van der Waals surface area contributed by atoms with Gasteiger partial charge in [-0.3, -0.25) is 0 Å². The van der Waals surface area contributed by atoms with Crippen molar-refractivity contribution in [1.29, 1.82) is 0 Å². The Morgan fingerprint density at radius 2 is 1.31 bits per heavy atom. The molecule has 26 heavy (non-hydrogen) atoms. The molecular weight excluding hydrogens is 344 g/mol. The molecule has 4 aromatic rings. The molecule has 0 fully saturated rings. The summed E-state index contributed by atoms with van der Waals surface area (Å²) in [4.78, 5) is 3.75. The Labute approximate surface area is 159 Å². The van der Waals surface area contributed by atoms with E-state index in [4.69, 9.17) is 10.2 Å². The fourth-order valence-electron chi connectivity index (χ4n) is 2.98. The van der Waals surface area contributed by atoms with E-state index in [0.717, 1.165) is 28.1 Å². The number of hydrogen-bond acceptors (Lipinski definition) is 2. The van der Waals surface area contributed by atoms with Crippen molar-refractivity contribution < 1.29 is 17.2 Å². The molecule has 0 saturated heterocycles. The molecule has 0 unspecified atom stereocenters. The summed E-state index contributed by atoms with van der Waals surface area (Å²) in [5.74, 6) is 0.701. The van der Waals surface area contributed by atoms with Gasteiger partial charge in [-0.05, 0) is 59.1 Å². The van der Waals surface area contributed by atoms with Crippen LogP contribution in [0.4, 0.5) is 0 Å². The molecule has 0 saturated carbocycles. The monoisotopic (exact) mass is 362 g/mol. The second-order valence-corrected chi connectivity index (χ2v) is 6.04. The zero-order valence-electron chi connectivity index (χ0n) is 14.7. The van der Waals surface area contributed by atoms with Gasteiger partial charge in [-0.1, -0.05) is 54.6 Å². The molecule has 4 rings (SSSR count). The van der Waals surface area contributed by atoms with Gasteiger partial charge in [-0.15, -0.1) is 0 Å². The quantitative estimate of drug-likeness (QED) is 0.506. The van der Waals surface area contributed by atoms with Gasteiger partial charge in [0.05, 0.1) is 10.7 Å². The van der Waals surface area contributed by atoms with E-state index in [1.54, 1.807) is 0 Å². The summed E-state index contributed by atoms with van der Waals surface area (Å²) in [6.07, 6.45) is 0. The van der Waals surface area contributed by atoms with Crippen LogP contribution in [-0.2, 0) is 0 Å². The number of nitrogens with zero attached hydrogens (tertiary/aromatic N) is 4. The molecule has 0 atom stereocenters. The first-order chi connectivity index (χ1) is 12.2. The number of tetrazole rings is 1. The lowest BCUT2D eigenvalue weighted by atomic mass is 10.1. The number of benzene rings is 3. The summed E-state index contributed by atoms with van der Waals surface area (Å²) in [6.45, 7) is 4.20. The third kappa shape index (κ3) is 3.24. The van der Waals surface area contributed by atoms with Crippen LogP contribution in [0, 0.1) is 13.8 Å². The van der Waals surface area contributed by atoms with Crippen LogP contribution in [0.2, 0.25) is 0 Å². The van der Waals surface area contributed by atoms with E-state index in [9.17, 15) is 0 Å². The van der Waals surface area contributed by atoms with Gasteiger partial charge in [0.25, 0.3) is 0 Å². The van der Waals surface area contributed by atoms with Crippen LogP contribution < -0.4 is 17.2 Å². The van der Waals surface area contributed by atoms with Crippen molar-refractivity contribution in [2.75, 3.05) is 0 Å². The minimum atomic E-state index is 0. The molecule has 5 heteroatoms. The second-order valence-electron chi connectivity index (χ2n) is 6.04. The van der Waals surface area contributed by atoms with Crippen LogP contribution in [0.5, 0.6) is 0 Å². The third-order valence-electron chi connectivity index (χ3n) is 4.22. The number of hydrogen-bond donors (Lipinski definition) is 0. The Hall–Kier alpha value is -2.98. The summed E-state index contributed by atoms with van der Waals surface area (Å²) in [6, 6.07) is 26.4. The SMILES string of the molecule is Cc1cccc(C)c1-n1nc(-c2ccccc2)n[n+]1-c1ccccc1.[Cl-]. The van der Waals surface area contributed by atoms with Crippen LogP contribution >= 0.6 is 0 Å². The van der Waals surface area contributed by atoms with Crippen molar-refractivity contribution in [2.45, 2.75) is 13.8 Å². The van der Waals surface area contributed by atoms with Gasteiger partial charge in [-0.2, -0.15) is 0 Å². The van der Waals surface area contributed by atoms with Crippen molar-refractivity contribution in [2.24, 2.45) is 0 Å². The van der Waals surface area contributed by atoms with E-state index >= 15 is 0 Å². The maximum atomic E-state index is 4.82. The van der Waals surface area contributed by atoms with Crippen molar-refractivity contribution in [3.8, 4) is 22.8 Å². The largest absolute Gasteiger partial charge is 1.00 e. The number of aromatic nitrogens is 4. The molecule has 0 N–H and O–H groups in total. The van der Waals surface area contributed by atoms with E-state index in [0.29, 0.717) is 5.82 Å². The van der Waals surface area contributed by atoms with E-state index in [1.807, 2.05) is 70.3 Å². The van der Waals surface area contributed by atoms with Gasteiger partial charge in [-0.25, -0.2) is 0 Å². The van der Waals surface area contributed by atoms with Gasteiger partial charge in [0.1, 0.15) is 5.69 Å². The molecule has 0 radical (unpaired) electrons. The third-order valence-corrected chi connectivity index (χ3v) is 4.22. The zero-order valence-corrected chi connectivity index (χ0v) is 15.4. The predicted molar refractivity (Wildman–Crippen MR) is 97.8 cm³/mol. The molecule has 130 valence electrons. The highest BCUT2D eigenvalue weighted by Gasteiger charge is 2.25. The number of rotatable bonds is 3. The van der Waals surface area contributed by atoms with Crippen LogP contribution in [0.25, 0.3) is 22.8 Å². The molecule has 1 heterocycles. The summed E-state index contributed by atoms with van der Waals surface area (Å²) in [7, 11) is 0. The summed E-state index contributed by atoms with van der Waals surface area (Å²) in [5.41, 5.74) is 5.35. The Kier molecular flexibility index (Phi) is 5.14. The van der Waals surface area contributed by atoms with Crippen LogP contribution in [0.1, 0.15) is 11.1 Å². The number of aryl methyl sites for hydroxylation is 2. The highest BCUT2D eigenvalue weighted by Crippen LogP contribution is 2.19. The van der Waals surface area contributed by atoms with Gasteiger partial charge in [0.15, 0.2) is 5.69 Å². The molecule has 0 spiro atoms. The Balaban J connectivity index is 0.00000196. The van der Waals surface area contributed by atoms with E-state index in [2.05, 4.69) is 32.0 Å². The summed E-state index contributed by atoms with van der Waals surface area (Å²) in [5, 5.41) is 9.60. The molecular formula is C21H19ClN4. The molecule has 0 amide bonds. The lowest BCUT2D eigenvalue weighted by Crippen LogP contribution is -3.00. The fraction of sp³-hybridized carbons (Fsp3) is 0.0952. The molecule has 0 aliphatic heterocycles. The van der Waals surface area contributed by atoms with Crippen LogP contribution in [0.3, 0.4) is 0 Å². The van der Waals surface area contributed by atoms with Gasteiger partial charge in [0, 0.05) is 4.80 Å². The van der Waals surface area contributed by atoms with Crippen LogP contribution in [-0.4, -0.2) is 15.0 Å². The Morgan fingerprint density at radius 1 is 0.731 bits per heavy atom. The molecule has 0 aliphatic rings. The highest BCUT2D eigenvalue weighted by atomic mass is 35.5. The molecule has 3 aromatic carbocycles. The molecule has 1 aromatic heterocycles. The minimum absolute atomic E-state index is 0. The van der Waals surface area contributed by atoms with Crippen LogP contribution in [0.15, 0.2) is 78.9 Å². The molecule has 4 nitrogen and oxygen atoms in total. The topological polar surface area (TPSA) is 34.6 Å². The highest BCUT2D eigenvalue weighted by molar-refractivity contribution is 5.53. The van der Waals surface area contributed by atoms with E-state index in [-0.39, 0.29) is 12.4 Å². The Bertz CT molecular complexity index is 991. The van der Waals surface area contributed by atoms with E-state index < -0.39 is 0 Å². The maximum absolute atomic E-state index is 4.82. The zero-order chi connectivity index (χ0) is 17.2. The smallest absolute Gasteiger partial charge is 0.340 e. The lowest BCUT2D eigenvalue weighted by Gasteiger charge is -2.06. The molecule has 0 aliphatic carbocycles. The molecule has 0 bridgehead atoms. The number of halogens is 1. The standard InChI is InChI=1S/C21H19N4.ClH/c1-16-10-9-11-17(2)20(16)25-23-21(18-12-5-3-6-13-18)22-24(25)19-14-7-4-8-15-19;/h3-15H,1-2H3;1H/q+1;/p-1. The second kappa shape index (κ2) is 7.50. The Morgan fingerprint density at radius 3 is 1.92 bits per heavy atom. The fourth-order valence-corrected chi connectivity index (χ4v) is 2.98. The van der Waals surface area contributed by atoms with E-state index in [1.165, 1.54) is 0 Å². The first-order valence-corrected chi connectivity index (χ1v) is 8.31. The predicted octanol–water partition coefficient (Wildman–Crippen LogP) is 0.832. The van der Waals surface area contributed by atoms with Gasteiger partial charge < -0.3 is 12.4 Å². The summed E-state index contributed by atoms with van der Waals surface area (Å²) < 4.78 is 0. The maximum Gasteiger partial charge on any atom is 0.340 e. The lowest BCUT2D eigenvalue weighted by molar-refractivity contribution is -0.734. The van der Waals surface area contributed by atoms with Gasteiger partial charge in [0.2, 0.25) is 0 Å².